The van der Waals surface area contributed by atoms with Crippen LogP contribution in [0.2, 0.25) is 0 Å². The van der Waals surface area contributed by atoms with Crippen LogP contribution in [0.3, 0.4) is 0 Å². The first kappa shape index (κ1) is 24.7. The number of anilines is 2. The summed E-state index contributed by atoms with van der Waals surface area (Å²) in [5.41, 5.74) is 5.32. The average Bonchev–Trinajstić information content (AvgIpc) is 3.24. The molecule has 0 radical (unpaired) electrons. The first-order valence-corrected chi connectivity index (χ1v) is 11.4. The quantitative estimate of drug-likeness (QED) is 0.282. The van der Waals surface area contributed by atoms with Crippen molar-refractivity contribution in [1.29, 1.82) is 0 Å². The van der Waals surface area contributed by atoms with Crippen LogP contribution < -0.4 is 27.2 Å². The molecular weight excluding hydrogens is 468 g/mol. The summed E-state index contributed by atoms with van der Waals surface area (Å²) in [5, 5.41) is 13.4. The molecule has 3 heterocycles. The van der Waals surface area contributed by atoms with Crippen LogP contribution in [0.5, 0.6) is 0 Å². The molecule has 3 aromatic rings. The minimum Gasteiger partial charge on any atom is -0.341 e. The van der Waals surface area contributed by atoms with E-state index in [4.69, 9.17) is 5.73 Å². The summed E-state index contributed by atoms with van der Waals surface area (Å²) in [7, 11) is 1.49. The van der Waals surface area contributed by atoms with Gasteiger partial charge in [0.15, 0.2) is 11.2 Å². The number of aromatic nitrogens is 4. The number of nitrogens with two attached hydrogens (primary N) is 1. The lowest BCUT2D eigenvalue weighted by molar-refractivity contribution is -0.384. The molecule has 1 amide bonds. The Bertz CT molecular complexity index is 1510. The van der Waals surface area contributed by atoms with Crippen molar-refractivity contribution in [2.45, 2.75) is 38.9 Å². The topological polar surface area (TPSA) is 163 Å². The smallest absolute Gasteiger partial charge is 0.332 e. The molecule has 1 atom stereocenters. The summed E-state index contributed by atoms with van der Waals surface area (Å²) in [4.78, 5) is 56.1. The first-order valence-electron chi connectivity index (χ1n) is 11.4. The predicted molar refractivity (Wildman–Crippen MR) is 134 cm³/mol. The number of nitro benzene ring substituents is 1. The molecule has 36 heavy (non-hydrogen) atoms. The lowest BCUT2D eigenvalue weighted by atomic mass is 10.1. The number of imidazole rings is 1. The lowest BCUT2D eigenvalue weighted by Crippen LogP contribution is -2.44. The Morgan fingerprint density at radius 2 is 2.00 bits per heavy atom. The highest BCUT2D eigenvalue weighted by Gasteiger charge is 2.26. The fourth-order valence-electron chi connectivity index (χ4n) is 4.25. The van der Waals surface area contributed by atoms with E-state index < -0.39 is 28.6 Å². The number of carbonyl (C=O) groups is 1. The van der Waals surface area contributed by atoms with Gasteiger partial charge in [0.05, 0.1) is 11.5 Å². The van der Waals surface area contributed by atoms with E-state index in [1.807, 2.05) is 4.90 Å². The van der Waals surface area contributed by atoms with Gasteiger partial charge in [-0.3, -0.25) is 28.8 Å². The molecule has 1 aromatic carbocycles. The minimum absolute atomic E-state index is 0.0344. The molecule has 0 saturated carbocycles. The Balaban J connectivity index is 1.74. The maximum Gasteiger partial charge on any atom is 0.332 e. The lowest BCUT2D eigenvalue weighted by Gasteiger charge is -2.31. The highest BCUT2D eigenvalue weighted by Crippen LogP contribution is 2.23. The van der Waals surface area contributed by atoms with E-state index in [2.05, 4.69) is 22.1 Å². The van der Waals surface area contributed by atoms with Gasteiger partial charge in [-0.2, -0.15) is 4.98 Å². The van der Waals surface area contributed by atoms with E-state index in [-0.39, 0.29) is 29.4 Å². The minimum atomic E-state index is -0.695. The highest BCUT2D eigenvalue weighted by molar-refractivity contribution is 5.90. The van der Waals surface area contributed by atoms with Gasteiger partial charge in [0, 0.05) is 44.0 Å². The van der Waals surface area contributed by atoms with Crippen molar-refractivity contribution in [3.8, 4) is 11.8 Å². The number of non-ortho nitro benzene ring substituents is 1. The van der Waals surface area contributed by atoms with Crippen LogP contribution in [0.1, 0.15) is 19.8 Å². The molecule has 3 N–H and O–H groups in total. The van der Waals surface area contributed by atoms with Gasteiger partial charge in [0.1, 0.15) is 6.54 Å². The number of hydrogen-bond donors (Lipinski definition) is 2. The third-order valence-electron chi connectivity index (χ3n) is 6.03. The number of benzene rings is 1. The molecule has 13 heteroatoms. The monoisotopic (exact) mass is 494 g/mol. The van der Waals surface area contributed by atoms with Crippen LogP contribution >= 0.6 is 0 Å². The van der Waals surface area contributed by atoms with Gasteiger partial charge in [-0.25, -0.2) is 9.36 Å². The molecule has 2 aromatic heterocycles. The molecule has 188 valence electrons. The number of rotatable bonds is 6. The molecule has 0 bridgehead atoms. The number of nitro groups is 1. The summed E-state index contributed by atoms with van der Waals surface area (Å²) in [5.74, 6) is 5.63. The Hall–Kier alpha value is -4.44. The van der Waals surface area contributed by atoms with E-state index in [0.717, 1.165) is 17.4 Å². The number of nitrogens with one attached hydrogen (secondary N) is 1. The molecule has 1 aliphatic rings. The van der Waals surface area contributed by atoms with Gasteiger partial charge in [0.25, 0.3) is 11.2 Å². The van der Waals surface area contributed by atoms with E-state index >= 15 is 0 Å². The van der Waals surface area contributed by atoms with Crippen LogP contribution in [-0.2, 0) is 24.9 Å². The zero-order valence-electron chi connectivity index (χ0n) is 19.9. The summed E-state index contributed by atoms with van der Waals surface area (Å²) in [6.45, 7) is 2.58. The third kappa shape index (κ3) is 4.71. The fraction of sp³-hybridized carbons (Fsp3) is 0.391. The normalized spacial score (nSPS) is 15.4. The Labute approximate surface area is 205 Å². The average molecular weight is 495 g/mol. The van der Waals surface area contributed by atoms with Crippen molar-refractivity contribution in [2.75, 3.05) is 23.3 Å². The first-order chi connectivity index (χ1) is 17.2. The van der Waals surface area contributed by atoms with Gasteiger partial charge in [-0.1, -0.05) is 5.92 Å². The highest BCUT2D eigenvalue weighted by atomic mass is 16.6. The van der Waals surface area contributed by atoms with Crippen molar-refractivity contribution < 1.29 is 9.72 Å². The zero-order valence-corrected chi connectivity index (χ0v) is 19.9. The Morgan fingerprint density at radius 1 is 1.28 bits per heavy atom. The van der Waals surface area contributed by atoms with E-state index in [1.54, 1.807) is 11.5 Å². The Kier molecular flexibility index (Phi) is 6.89. The van der Waals surface area contributed by atoms with Crippen molar-refractivity contribution in [3.05, 3.63) is 55.2 Å². The van der Waals surface area contributed by atoms with E-state index in [9.17, 15) is 24.5 Å². The summed E-state index contributed by atoms with van der Waals surface area (Å²) < 4.78 is 3.74. The van der Waals surface area contributed by atoms with Crippen molar-refractivity contribution in [2.24, 2.45) is 12.8 Å². The maximum atomic E-state index is 13.5. The predicted octanol–water partition coefficient (Wildman–Crippen LogP) is 0.394. The molecular formula is C23H26N8O5. The maximum absolute atomic E-state index is 13.5. The molecule has 1 saturated heterocycles. The molecule has 13 nitrogen and oxygen atoms in total. The van der Waals surface area contributed by atoms with Gasteiger partial charge in [-0.05, 0) is 31.9 Å². The summed E-state index contributed by atoms with van der Waals surface area (Å²) in [6, 6.07) is 5.19. The molecule has 1 aliphatic heterocycles. The van der Waals surface area contributed by atoms with E-state index in [1.165, 1.54) is 35.9 Å². The van der Waals surface area contributed by atoms with Crippen LogP contribution in [0.25, 0.3) is 11.2 Å². The van der Waals surface area contributed by atoms with Crippen LogP contribution in [0.15, 0.2) is 33.9 Å². The van der Waals surface area contributed by atoms with Gasteiger partial charge >= 0.3 is 5.69 Å². The number of hydrogen-bond acceptors (Lipinski definition) is 8. The van der Waals surface area contributed by atoms with Crippen LogP contribution in [-0.4, -0.2) is 48.6 Å². The van der Waals surface area contributed by atoms with Crippen LogP contribution in [0.4, 0.5) is 17.3 Å². The second kappa shape index (κ2) is 10.0. The summed E-state index contributed by atoms with van der Waals surface area (Å²) >= 11 is 0. The second-order valence-electron chi connectivity index (χ2n) is 8.53. The molecule has 1 unspecified atom stereocenters. The molecule has 1 fully saturated rings. The van der Waals surface area contributed by atoms with Crippen molar-refractivity contribution in [1.82, 2.24) is 18.7 Å². The number of piperidine rings is 1. The van der Waals surface area contributed by atoms with E-state index in [0.29, 0.717) is 24.7 Å². The SMILES string of the molecule is CC#CCn1c(N2CCCC(N)C2)nc2c1c(=O)n(CC(=O)Nc1ccc([N+](=O)[O-])cc1)c(=O)n2C. The second-order valence-corrected chi connectivity index (χ2v) is 8.53. The standard InChI is InChI=1S/C23H26N8O5/c1-3-4-12-29-19-20(26-22(29)28-11-5-6-15(24)13-28)27(2)23(34)30(21(19)33)14-18(32)25-16-7-9-17(10-8-16)31(35)36/h7-10,15H,5-6,11-14,24H2,1-2H3,(H,25,32). The number of aryl methyl sites for hydroxylation is 1. The van der Waals surface area contributed by atoms with Gasteiger partial charge in [-0.15, -0.1) is 5.92 Å². The number of fused-ring (bicyclic) bond motifs is 1. The number of amides is 1. The molecule has 0 spiro atoms. The van der Waals surface area contributed by atoms with Gasteiger partial charge < -0.3 is 16.0 Å². The Morgan fingerprint density at radius 3 is 2.64 bits per heavy atom. The van der Waals surface area contributed by atoms with Crippen molar-refractivity contribution >= 4 is 34.4 Å². The zero-order chi connectivity index (χ0) is 26.0. The summed E-state index contributed by atoms with van der Waals surface area (Å²) in [6.07, 6.45) is 1.76. The number of carbonyl (C=O) groups excluding carboxylic acids is 1. The van der Waals surface area contributed by atoms with Gasteiger partial charge in [0.2, 0.25) is 11.9 Å². The molecule has 0 aliphatic carbocycles. The van der Waals surface area contributed by atoms with Crippen LogP contribution in [0, 0.1) is 22.0 Å². The van der Waals surface area contributed by atoms with Crippen molar-refractivity contribution in [3.63, 3.8) is 0 Å². The third-order valence-corrected chi connectivity index (χ3v) is 6.03. The molecule has 4 rings (SSSR count). The largest absolute Gasteiger partial charge is 0.341 e. The fourth-order valence-corrected chi connectivity index (χ4v) is 4.25. The number of nitrogens with zero attached hydrogens (tertiary/aromatic N) is 6.